The second kappa shape index (κ2) is 13.3. The first-order chi connectivity index (χ1) is 25.3. The van der Waals surface area contributed by atoms with E-state index in [1.165, 1.54) is 66.1 Å². The molecule has 0 aliphatic rings. The van der Waals surface area contributed by atoms with Crippen molar-refractivity contribution in [3.63, 3.8) is 0 Å². The summed E-state index contributed by atoms with van der Waals surface area (Å²) in [5.74, 6) is 0. The lowest BCUT2D eigenvalue weighted by atomic mass is 9.94. The van der Waals surface area contributed by atoms with Gasteiger partial charge in [-0.3, -0.25) is 0 Å². The maximum Gasteiger partial charge on any atom is 0.0467 e. The second-order valence-corrected chi connectivity index (χ2v) is 13.0. The highest BCUT2D eigenvalue weighted by Gasteiger charge is 2.16. The van der Waals surface area contributed by atoms with Gasteiger partial charge in [0.25, 0.3) is 0 Å². The molecule has 0 amide bonds. The smallest absolute Gasteiger partial charge is 0.0467 e. The molecule has 1 nitrogen and oxygen atoms in total. The molecule has 51 heavy (non-hydrogen) atoms. The van der Waals surface area contributed by atoms with Crippen LogP contribution in [0.2, 0.25) is 0 Å². The van der Waals surface area contributed by atoms with Gasteiger partial charge in [0, 0.05) is 17.1 Å². The molecular formula is C50H35N. The third-order valence-electron chi connectivity index (χ3n) is 9.86. The molecule has 0 atom stereocenters. The Bertz CT molecular complexity index is 2610. The molecule has 9 rings (SSSR count). The average molecular weight is 650 g/mol. The van der Waals surface area contributed by atoms with E-state index in [1.807, 2.05) is 0 Å². The van der Waals surface area contributed by atoms with E-state index in [0.717, 1.165) is 17.1 Å². The molecule has 0 N–H and O–H groups in total. The molecule has 0 saturated carbocycles. The van der Waals surface area contributed by atoms with E-state index in [9.17, 15) is 0 Å². The molecule has 0 aliphatic heterocycles. The molecule has 0 heterocycles. The number of benzene rings is 9. The second-order valence-electron chi connectivity index (χ2n) is 13.0. The van der Waals surface area contributed by atoms with E-state index in [0.29, 0.717) is 0 Å². The molecule has 0 saturated heterocycles. The van der Waals surface area contributed by atoms with Crippen LogP contribution in [0.1, 0.15) is 0 Å². The van der Waals surface area contributed by atoms with Gasteiger partial charge in [-0.05, 0) is 109 Å². The summed E-state index contributed by atoms with van der Waals surface area (Å²) in [6, 6.07) is 76.6. The van der Waals surface area contributed by atoms with E-state index in [4.69, 9.17) is 0 Å². The van der Waals surface area contributed by atoms with Crippen molar-refractivity contribution in [2.75, 3.05) is 4.90 Å². The molecule has 240 valence electrons. The monoisotopic (exact) mass is 649 g/mol. The Kier molecular flexibility index (Phi) is 7.92. The van der Waals surface area contributed by atoms with E-state index in [2.05, 4.69) is 217 Å². The number of hydrogen-bond acceptors (Lipinski definition) is 1. The van der Waals surface area contributed by atoms with Gasteiger partial charge in [0.2, 0.25) is 0 Å². The van der Waals surface area contributed by atoms with Crippen LogP contribution in [0.25, 0.3) is 66.1 Å². The molecular weight excluding hydrogens is 615 g/mol. The lowest BCUT2D eigenvalue weighted by Gasteiger charge is -2.26. The molecule has 0 spiro atoms. The number of hydrogen-bond donors (Lipinski definition) is 0. The normalized spacial score (nSPS) is 11.1. The third kappa shape index (κ3) is 5.96. The first-order valence-corrected chi connectivity index (χ1v) is 17.5. The summed E-state index contributed by atoms with van der Waals surface area (Å²) in [4.78, 5) is 2.37. The number of anilines is 3. The molecule has 1 heteroatoms. The summed E-state index contributed by atoms with van der Waals surface area (Å²) >= 11 is 0. The summed E-state index contributed by atoms with van der Waals surface area (Å²) in [6.07, 6.45) is 0. The SMILES string of the molecule is c1ccc(-c2ccccc2-c2ccc(N(c3ccc(-c4cccc5ccccc45)cc3)c3cccc(-c4ccc5ccccc5c4)c3)cc2)cc1. The molecule has 0 aromatic heterocycles. The largest absolute Gasteiger partial charge is 0.310 e. The van der Waals surface area contributed by atoms with Crippen LogP contribution in [0.4, 0.5) is 17.1 Å². The Morgan fingerprint density at radius 1 is 0.235 bits per heavy atom. The fraction of sp³-hybridized carbons (Fsp3) is 0. The minimum Gasteiger partial charge on any atom is -0.310 e. The van der Waals surface area contributed by atoms with Crippen molar-refractivity contribution in [2.45, 2.75) is 0 Å². The van der Waals surface area contributed by atoms with Crippen LogP contribution in [-0.4, -0.2) is 0 Å². The minimum atomic E-state index is 1.10. The fourth-order valence-corrected chi connectivity index (χ4v) is 7.30. The van der Waals surface area contributed by atoms with Crippen LogP contribution in [0.3, 0.4) is 0 Å². The summed E-state index contributed by atoms with van der Waals surface area (Å²) in [6.45, 7) is 0. The van der Waals surface area contributed by atoms with Crippen LogP contribution in [0.15, 0.2) is 212 Å². The Labute approximate surface area is 299 Å². The quantitative estimate of drug-likeness (QED) is 0.166. The van der Waals surface area contributed by atoms with Crippen LogP contribution in [0.5, 0.6) is 0 Å². The van der Waals surface area contributed by atoms with Gasteiger partial charge < -0.3 is 4.90 Å². The Morgan fingerprint density at radius 3 is 1.43 bits per heavy atom. The van der Waals surface area contributed by atoms with Gasteiger partial charge in [0.05, 0.1) is 0 Å². The van der Waals surface area contributed by atoms with Crippen molar-refractivity contribution >= 4 is 38.6 Å². The molecule has 0 fully saturated rings. The van der Waals surface area contributed by atoms with Crippen LogP contribution < -0.4 is 4.90 Å². The molecule has 0 aliphatic carbocycles. The summed E-state index contributed by atoms with van der Waals surface area (Å²) in [5.41, 5.74) is 13.0. The fourth-order valence-electron chi connectivity index (χ4n) is 7.30. The van der Waals surface area contributed by atoms with E-state index >= 15 is 0 Å². The number of rotatable bonds is 7. The predicted molar refractivity (Wildman–Crippen MR) is 218 cm³/mol. The summed E-state index contributed by atoms with van der Waals surface area (Å²) < 4.78 is 0. The highest BCUT2D eigenvalue weighted by atomic mass is 15.1. The molecule has 0 radical (unpaired) electrons. The topological polar surface area (TPSA) is 3.24 Å². The lowest BCUT2D eigenvalue weighted by molar-refractivity contribution is 1.28. The number of nitrogens with zero attached hydrogens (tertiary/aromatic N) is 1. The van der Waals surface area contributed by atoms with Gasteiger partial charge >= 0.3 is 0 Å². The standard InChI is InChI=1S/C50H35N/c1-2-13-37(14-3-1)47-21-8-9-22-49(47)39-26-30-44(31-27-39)51(45-32-28-40(29-33-45)50-23-11-17-38-15-6-7-20-48(38)50)46-19-10-18-42(35-46)43-25-24-36-12-4-5-16-41(36)34-43/h1-35H. The number of fused-ring (bicyclic) bond motifs is 2. The van der Waals surface area contributed by atoms with Gasteiger partial charge in [-0.1, -0.05) is 170 Å². The van der Waals surface area contributed by atoms with Crippen molar-refractivity contribution < 1.29 is 0 Å². The van der Waals surface area contributed by atoms with Crippen molar-refractivity contribution in [2.24, 2.45) is 0 Å². The first kappa shape index (κ1) is 30.4. The molecule has 0 bridgehead atoms. The van der Waals surface area contributed by atoms with Gasteiger partial charge in [0.15, 0.2) is 0 Å². The minimum absolute atomic E-state index is 1.10. The highest BCUT2D eigenvalue weighted by molar-refractivity contribution is 5.97. The van der Waals surface area contributed by atoms with Gasteiger partial charge in [-0.15, -0.1) is 0 Å². The van der Waals surface area contributed by atoms with Crippen molar-refractivity contribution in [1.29, 1.82) is 0 Å². The molecule has 0 unspecified atom stereocenters. The summed E-state index contributed by atoms with van der Waals surface area (Å²) in [7, 11) is 0. The zero-order chi connectivity index (χ0) is 34.0. The Morgan fingerprint density at radius 2 is 0.706 bits per heavy atom. The zero-order valence-corrected chi connectivity index (χ0v) is 28.2. The average Bonchev–Trinajstić information content (AvgIpc) is 3.21. The Hall–Kier alpha value is -6.70. The molecule has 9 aromatic carbocycles. The van der Waals surface area contributed by atoms with E-state index in [-0.39, 0.29) is 0 Å². The summed E-state index contributed by atoms with van der Waals surface area (Å²) in [5, 5.41) is 5.01. The zero-order valence-electron chi connectivity index (χ0n) is 28.2. The van der Waals surface area contributed by atoms with Crippen LogP contribution in [-0.2, 0) is 0 Å². The van der Waals surface area contributed by atoms with Gasteiger partial charge in [-0.2, -0.15) is 0 Å². The molecule has 9 aromatic rings. The maximum absolute atomic E-state index is 2.37. The van der Waals surface area contributed by atoms with E-state index in [1.54, 1.807) is 0 Å². The van der Waals surface area contributed by atoms with E-state index < -0.39 is 0 Å². The van der Waals surface area contributed by atoms with Crippen LogP contribution in [0, 0.1) is 0 Å². The van der Waals surface area contributed by atoms with Crippen LogP contribution >= 0.6 is 0 Å². The highest BCUT2D eigenvalue weighted by Crippen LogP contribution is 2.40. The maximum atomic E-state index is 2.37. The van der Waals surface area contributed by atoms with Crippen molar-refractivity contribution in [3.8, 4) is 44.5 Å². The lowest BCUT2D eigenvalue weighted by Crippen LogP contribution is -2.10. The van der Waals surface area contributed by atoms with Crippen molar-refractivity contribution in [1.82, 2.24) is 0 Å². The van der Waals surface area contributed by atoms with Gasteiger partial charge in [-0.25, -0.2) is 0 Å². The third-order valence-corrected chi connectivity index (χ3v) is 9.86. The van der Waals surface area contributed by atoms with Crippen molar-refractivity contribution in [3.05, 3.63) is 212 Å². The van der Waals surface area contributed by atoms with Gasteiger partial charge in [0.1, 0.15) is 0 Å². The Balaban J connectivity index is 1.14. The predicted octanol–water partition coefficient (Wildman–Crippen LogP) is 14.1. The first-order valence-electron chi connectivity index (χ1n) is 17.5.